The van der Waals surface area contributed by atoms with Gasteiger partial charge in [-0.1, -0.05) is 37.0 Å². The van der Waals surface area contributed by atoms with Crippen LogP contribution in [0.4, 0.5) is 0 Å². The van der Waals surface area contributed by atoms with E-state index in [2.05, 4.69) is 5.32 Å². The van der Waals surface area contributed by atoms with E-state index in [1.165, 1.54) is 6.08 Å². The van der Waals surface area contributed by atoms with E-state index in [0.29, 0.717) is 6.41 Å². The highest BCUT2D eigenvalue weighted by atomic mass is 35.5. The third kappa shape index (κ3) is 1.62. The lowest BCUT2D eigenvalue weighted by Crippen LogP contribution is -2.43. The molecular weight excluding hydrogens is 241 g/mol. The Morgan fingerprint density at radius 2 is 2.00 bits per heavy atom. The van der Waals surface area contributed by atoms with Crippen LogP contribution in [0, 0.1) is 11.3 Å². The highest BCUT2D eigenvalue weighted by Crippen LogP contribution is 2.62. The maximum Gasteiger partial charge on any atom is 0.330 e. The molecule has 1 aliphatic carbocycles. The predicted octanol–water partition coefficient (Wildman–Crippen LogP) is 1.53. The summed E-state index contributed by atoms with van der Waals surface area (Å²) >= 11 is 11.0. The number of hydrogen-bond acceptors (Lipinski definition) is 2. The van der Waals surface area contributed by atoms with Gasteiger partial charge in [-0.05, 0) is 6.08 Å². The predicted molar refractivity (Wildman–Crippen MR) is 56.6 cm³/mol. The molecule has 0 aromatic carbocycles. The van der Waals surface area contributed by atoms with Crippen LogP contribution in [0.25, 0.3) is 0 Å². The number of halogens is 2. The minimum atomic E-state index is -1.30. The van der Waals surface area contributed by atoms with Crippen molar-refractivity contribution >= 4 is 35.6 Å². The molecule has 4 nitrogen and oxygen atoms in total. The fourth-order valence-corrected chi connectivity index (χ4v) is 2.35. The summed E-state index contributed by atoms with van der Waals surface area (Å²) in [5.41, 5.74) is -1.90. The molecule has 0 saturated heterocycles. The summed E-state index contributed by atoms with van der Waals surface area (Å²) in [6, 6.07) is 0. The van der Waals surface area contributed by atoms with Crippen LogP contribution < -0.4 is 5.32 Å². The highest BCUT2D eigenvalue weighted by Gasteiger charge is 2.75. The maximum atomic E-state index is 11.1. The summed E-state index contributed by atoms with van der Waals surface area (Å²) < 4.78 is 0.00361. The van der Waals surface area contributed by atoms with Crippen molar-refractivity contribution in [3.8, 4) is 0 Å². The molecule has 0 radical (unpaired) electrons. The average Bonchev–Trinajstić information content (AvgIpc) is 2.51. The summed E-state index contributed by atoms with van der Waals surface area (Å²) in [5, 5.41) is 11.5. The van der Waals surface area contributed by atoms with Gasteiger partial charge in [0.1, 0.15) is 4.49 Å². The molecule has 1 aliphatic rings. The van der Waals surface area contributed by atoms with E-state index in [9.17, 15) is 9.59 Å². The molecule has 0 aromatic rings. The molecule has 0 aliphatic heterocycles. The molecule has 0 heterocycles. The summed E-state index contributed by atoms with van der Waals surface area (Å²) in [7, 11) is 0. The minimum absolute atomic E-state index is 0.00361. The zero-order valence-corrected chi connectivity index (χ0v) is 9.76. The number of carboxylic acids is 1. The Labute approximate surface area is 97.2 Å². The van der Waals surface area contributed by atoms with E-state index >= 15 is 0 Å². The van der Waals surface area contributed by atoms with Gasteiger partial charge >= 0.3 is 5.97 Å². The van der Waals surface area contributed by atoms with Crippen molar-refractivity contribution in [2.75, 3.05) is 0 Å². The molecule has 2 atom stereocenters. The number of carbonyl (C=O) groups excluding carboxylic acids is 1. The number of aliphatic carboxylic acids is 1. The van der Waals surface area contributed by atoms with Crippen LogP contribution in [-0.2, 0) is 9.59 Å². The first-order chi connectivity index (χ1) is 6.80. The molecule has 1 saturated carbocycles. The van der Waals surface area contributed by atoms with Crippen LogP contribution >= 0.6 is 23.2 Å². The van der Waals surface area contributed by atoms with Crippen molar-refractivity contribution in [2.45, 2.75) is 19.4 Å². The van der Waals surface area contributed by atoms with E-state index < -0.39 is 22.8 Å². The third-order valence-corrected chi connectivity index (χ3v) is 3.35. The second-order valence-electron chi connectivity index (χ2n) is 4.03. The van der Waals surface area contributed by atoms with E-state index in [1.54, 1.807) is 13.8 Å². The Morgan fingerprint density at radius 1 is 1.47 bits per heavy atom. The molecule has 15 heavy (non-hydrogen) atoms. The number of hydrogen-bond donors (Lipinski definition) is 2. The molecule has 84 valence electrons. The summed E-state index contributed by atoms with van der Waals surface area (Å²) in [5.74, 6) is -1.49. The first kappa shape index (κ1) is 12.3. The van der Waals surface area contributed by atoms with Gasteiger partial charge in [0, 0.05) is 11.3 Å². The first-order valence-corrected chi connectivity index (χ1v) is 5.04. The lowest BCUT2D eigenvalue weighted by atomic mass is 10.1. The van der Waals surface area contributed by atoms with Crippen molar-refractivity contribution < 1.29 is 14.7 Å². The monoisotopic (exact) mass is 251 g/mol. The molecule has 1 rings (SSSR count). The smallest absolute Gasteiger partial charge is 0.330 e. The standard InChI is InChI=1S/C9H11Cl2NO3/c1-8(2)5(3-6(10)11)9(8,7(14)15)12-4-13/h3-5H,1-2H3,(H,12,13)(H,14,15)/t5-,9-/m1/s1. The number of nitrogens with one attached hydrogen (secondary N) is 1. The number of amides is 1. The molecule has 6 heteroatoms. The van der Waals surface area contributed by atoms with Gasteiger partial charge in [-0.2, -0.15) is 0 Å². The second kappa shape index (κ2) is 3.68. The zero-order valence-electron chi connectivity index (χ0n) is 8.25. The third-order valence-electron chi connectivity index (χ3n) is 3.09. The molecule has 0 bridgehead atoms. The van der Waals surface area contributed by atoms with Crippen molar-refractivity contribution in [1.29, 1.82) is 0 Å². The van der Waals surface area contributed by atoms with Crippen LogP contribution in [0.1, 0.15) is 13.8 Å². The van der Waals surface area contributed by atoms with Crippen molar-refractivity contribution in [3.63, 3.8) is 0 Å². The molecule has 0 spiro atoms. The Kier molecular flexibility index (Phi) is 3.03. The lowest BCUT2D eigenvalue weighted by Gasteiger charge is -2.13. The van der Waals surface area contributed by atoms with E-state index in [1.807, 2.05) is 0 Å². The lowest BCUT2D eigenvalue weighted by molar-refractivity contribution is -0.143. The van der Waals surface area contributed by atoms with E-state index in [0.717, 1.165) is 0 Å². The number of carboxylic acid groups (broad SMARTS) is 1. The van der Waals surface area contributed by atoms with Gasteiger partial charge in [-0.25, -0.2) is 4.79 Å². The average molecular weight is 252 g/mol. The fourth-order valence-electron chi connectivity index (χ4n) is 2.10. The maximum absolute atomic E-state index is 11.1. The van der Waals surface area contributed by atoms with Gasteiger partial charge in [0.05, 0.1) is 0 Å². The largest absolute Gasteiger partial charge is 0.479 e. The van der Waals surface area contributed by atoms with Crippen molar-refractivity contribution in [3.05, 3.63) is 10.6 Å². The van der Waals surface area contributed by atoms with Gasteiger partial charge in [-0.15, -0.1) is 0 Å². The van der Waals surface area contributed by atoms with Gasteiger partial charge in [0.15, 0.2) is 5.54 Å². The van der Waals surface area contributed by atoms with Gasteiger partial charge in [0.2, 0.25) is 6.41 Å². The topological polar surface area (TPSA) is 66.4 Å². The fraction of sp³-hybridized carbons (Fsp3) is 0.556. The first-order valence-electron chi connectivity index (χ1n) is 4.28. The van der Waals surface area contributed by atoms with Crippen LogP contribution in [0.15, 0.2) is 10.6 Å². The quantitative estimate of drug-likeness (QED) is 0.745. The normalized spacial score (nSPS) is 31.6. The van der Waals surface area contributed by atoms with E-state index in [-0.39, 0.29) is 4.49 Å². The van der Waals surface area contributed by atoms with Gasteiger partial charge < -0.3 is 10.4 Å². The SMILES string of the molecule is CC1(C)[C@@H](C=C(Cl)Cl)[C@@]1(NC=O)C(=O)O. The Morgan fingerprint density at radius 3 is 2.33 bits per heavy atom. The summed E-state index contributed by atoms with van der Waals surface area (Å²) in [6.07, 6.45) is 1.82. The van der Waals surface area contributed by atoms with Gasteiger partial charge in [-0.3, -0.25) is 4.79 Å². The van der Waals surface area contributed by atoms with Crippen LogP contribution in [0.2, 0.25) is 0 Å². The Balaban J connectivity index is 3.07. The molecule has 1 amide bonds. The van der Waals surface area contributed by atoms with E-state index in [4.69, 9.17) is 28.3 Å². The zero-order chi connectivity index (χ0) is 11.9. The minimum Gasteiger partial charge on any atom is -0.479 e. The number of carbonyl (C=O) groups is 2. The van der Waals surface area contributed by atoms with Crippen molar-refractivity contribution in [1.82, 2.24) is 5.32 Å². The Hall–Kier alpha value is -0.740. The Bertz CT molecular complexity index is 336. The van der Waals surface area contributed by atoms with Crippen LogP contribution in [0.5, 0.6) is 0 Å². The molecule has 2 N–H and O–H groups in total. The molecule has 1 fully saturated rings. The summed E-state index contributed by atoms with van der Waals surface area (Å²) in [6.45, 7) is 3.46. The number of rotatable bonds is 4. The van der Waals surface area contributed by atoms with Crippen LogP contribution in [-0.4, -0.2) is 23.0 Å². The molecular formula is C9H11Cl2NO3. The highest BCUT2D eigenvalue weighted by molar-refractivity contribution is 6.55. The molecule has 0 aromatic heterocycles. The second-order valence-corrected chi connectivity index (χ2v) is 5.04. The molecule has 0 unspecified atom stereocenters. The van der Waals surface area contributed by atoms with Crippen LogP contribution in [0.3, 0.4) is 0 Å². The van der Waals surface area contributed by atoms with Crippen molar-refractivity contribution in [2.24, 2.45) is 11.3 Å². The summed E-state index contributed by atoms with van der Waals surface area (Å²) in [4.78, 5) is 21.6. The van der Waals surface area contributed by atoms with Gasteiger partial charge in [0.25, 0.3) is 0 Å².